The van der Waals surface area contributed by atoms with Gasteiger partial charge in [0.2, 0.25) is 5.91 Å². The highest BCUT2D eigenvalue weighted by Crippen LogP contribution is 2.41. The fourth-order valence-electron chi connectivity index (χ4n) is 5.77. The van der Waals surface area contributed by atoms with E-state index in [1.165, 1.54) is 23.5 Å². The Balaban J connectivity index is 0.000000310. The molecule has 2 aliphatic carbocycles. The van der Waals surface area contributed by atoms with E-state index in [4.69, 9.17) is 19.5 Å². The topological polar surface area (TPSA) is 175 Å². The summed E-state index contributed by atoms with van der Waals surface area (Å²) in [5.74, 6) is 0.0942. The molecule has 0 unspecified atom stereocenters. The highest BCUT2D eigenvalue weighted by molar-refractivity contribution is 7.18. The monoisotopic (exact) mass is 749 g/mol. The zero-order valence-electron chi connectivity index (χ0n) is 31.6. The van der Waals surface area contributed by atoms with Crippen LogP contribution in [-0.4, -0.2) is 64.1 Å². The molecule has 2 fully saturated rings. The van der Waals surface area contributed by atoms with Gasteiger partial charge in [0.05, 0.1) is 5.69 Å². The van der Waals surface area contributed by atoms with Crippen LogP contribution in [0.3, 0.4) is 0 Å². The standard InChI is InChI=1S/C28H36N2O5S.C11H16BNO4/c1-17-5-9-20(10-6-17)25(31)30(16-18-7-8-18)22-15-23(36-24(22)26(32)33)19-11-13-21(14-12-19)29-27(34)35-28(2,3)4;1-11(2,3)17-10(14)13-9-6-4-8(5-7-9)12(15)16/h11-15,17-18,20H,5-10,16H2,1-4H3,(H,29,34)(H,32,33);4-7,15-16H,1-3H3,(H,13,14)/t17-,20-;. The molecule has 5 N–H and O–H groups in total. The van der Waals surface area contributed by atoms with Crippen LogP contribution in [-0.2, 0) is 14.3 Å². The number of ether oxygens (including phenoxy) is 2. The molecule has 5 rings (SSSR count). The predicted octanol–water partition coefficient (Wildman–Crippen LogP) is 7.74. The van der Waals surface area contributed by atoms with E-state index in [1.807, 2.05) is 18.2 Å². The summed E-state index contributed by atoms with van der Waals surface area (Å²) < 4.78 is 10.4. The van der Waals surface area contributed by atoms with E-state index >= 15 is 0 Å². The number of hydrogen-bond donors (Lipinski definition) is 5. The molecule has 0 saturated heterocycles. The van der Waals surface area contributed by atoms with Gasteiger partial charge in [-0.05, 0) is 133 Å². The van der Waals surface area contributed by atoms with Crippen molar-refractivity contribution in [2.45, 2.75) is 98.2 Å². The second kappa shape index (κ2) is 17.6. The van der Waals surface area contributed by atoms with Crippen molar-refractivity contribution in [1.82, 2.24) is 0 Å². The Morgan fingerprint density at radius 1 is 0.792 bits per heavy atom. The minimum Gasteiger partial charge on any atom is -0.477 e. The maximum Gasteiger partial charge on any atom is 0.488 e. The first kappa shape index (κ1) is 41.4. The molecule has 12 nitrogen and oxygen atoms in total. The molecule has 0 spiro atoms. The molecule has 286 valence electrons. The third kappa shape index (κ3) is 13.2. The number of carbonyl (C=O) groups is 4. The summed E-state index contributed by atoms with van der Waals surface area (Å²) in [6.45, 7) is 13.5. The largest absolute Gasteiger partial charge is 0.488 e. The number of nitrogens with zero attached hydrogens (tertiary/aromatic N) is 1. The van der Waals surface area contributed by atoms with Crippen LogP contribution in [0.1, 0.15) is 96.7 Å². The molecule has 0 atom stereocenters. The molecule has 1 aromatic heterocycles. The molecule has 3 amide bonds. The van der Waals surface area contributed by atoms with Gasteiger partial charge in [0.15, 0.2) is 0 Å². The quantitative estimate of drug-likeness (QED) is 0.137. The second-order valence-electron chi connectivity index (χ2n) is 15.8. The lowest BCUT2D eigenvalue weighted by molar-refractivity contribution is -0.123. The Bertz CT molecular complexity index is 1720. The number of carboxylic acid groups (broad SMARTS) is 1. The molecule has 2 aromatic carbocycles. The molecule has 2 saturated carbocycles. The van der Waals surface area contributed by atoms with Crippen LogP contribution in [0.4, 0.5) is 26.7 Å². The normalized spacial score (nSPS) is 17.1. The number of aromatic carboxylic acids is 1. The minimum absolute atomic E-state index is 0.0387. The van der Waals surface area contributed by atoms with Crippen molar-refractivity contribution in [2.75, 3.05) is 22.1 Å². The molecule has 14 heteroatoms. The number of nitrogens with one attached hydrogen (secondary N) is 2. The average Bonchev–Trinajstić information content (AvgIpc) is 3.77. The molecule has 0 radical (unpaired) electrons. The molecule has 1 heterocycles. The SMILES string of the molecule is CC(C)(C)OC(=O)Nc1ccc(-c2cc(N(CC3CC3)C(=O)[C@H]3CC[C@H](C)CC3)c(C(=O)O)s2)cc1.CC(C)(C)OC(=O)Nc1ccc(B(O)O)cc1. The van der Waals surface area contributed by atoms with Gasteiger partial charge in [-0.1, -0.05) is 31.2 Å². The number of thiophene rings is 1. The van der Waals surface area contributed by atoms with Gasteiger partial charge in [-0.2, -0.15) is 0 Å². The molecular weight excluding hydrogens is 697 g/mol. The zero-order chi connectivity index (χ0) is 39.1. The van der Waals surface area contributed by atoms with Crippen LogP contribution in [0.15, 0.2) is 54.6 Å². The molecule has 53 heavy (non-hydrogen) atoms. The number of benzene rings is 2. The van der Waals surface area contributed by atoms with Gasteiger partial charge in [-0.25, -0.2) is 14.4 Å². The van der Waals surface area contributed by atoms with Crippen LogP contribution < -0.4 is 21.0 Å². The second-order valence-corrected chi connectivity index (χ2v) is 16.9. The first-order valence-electron chi connectivity index (χ1n) is 18.0. The van der Waals surface area contributed by atoms with Gasteiger partial charge in [0, 0.05) is 28.7 Å². The van der Waals surface area contributed by atoms with Crippen molar-refractivity contribution in [3.8, 4) is 10.4 Å². The number of amides is 3. The molecule has 2 aliphatic rings. The Labute approximate surface area is 316 Å². The van der Waals surface area contributed by atoms with Gasteiger partial charge in [0.25, 0.3) is 0 Å². The first-order valence-corrected chi connectivity index (χ1v) is 18.8. The minimum atomic E-state index is -1.51. The maximum atomic E-state index is 13.6. The molecule has 0 aliphatic heterocycles. The van der Waals surface area contributed by atoms with Crippen molar-refractivity contribution < 1.29 is 43.8 Å². The third-order valence-corrected chi connectivity index (χ3v) is 9.80. The number of carbonyl (C=O) groups excluding carboxylic acids is 3. The van der Waals surface area contributed by atoms with Crippen LogP contribution in [0.25, 0.3) is 10.4 Å². The van der Waals surface area contributed by atoms with E-state index in [2.05, 4.69) is 17.6 Å². The lowest BCUT2D eigenvalue weighted by atomic mass is 9.80. The summed E-state index contributed by atoms with van der Waals surface area (Å²) in [4.78, 5) is 52.0. The van der Waals surface area contributed by atoms with Gasteiger partial charge in [-0.15, -0.1) is 11.3 Å². The van der Waals surface area contributed by atoms with Crippen LogP contribution in [0, 0.1) is 17.8 Å². The molecular formula is C39H52BN3O9S. The van der Waals surface area contributed by atoms with Crippen molar-refractivity contribution in [1.29, 1.82) is 0 Å². The summed E-state index contributed by atoms with van der Waals surface area (Å²) in [6.07, 6.45) is 4.89. The Morgan fingerprint density at radius 3 is 1.72 bits per heavy atom. The number of rotatable bonds is 9. The van der Waals surface area contributed by atoms with Crippen LogP contribution >= 0.6 is 11.3 Å². The summed E-state index contributed by atoms with van der Waals surface area (Å²) in [5.41, 5.74) is 1.67. The Kier molecular flexibility index (Phi) is 13.8. The highest BCUT2D eigenvalue weighted by Gasteiger charge is 2.35. The van der Waals surface area contributed by atoms with Crippen molar-refractivity contribution in [3.63, 3.8) is 0 Å². The van der Waals surface area contributed by atoms with Gasteiger partial charge >= 0.3 is 25.3 Å². The van der Waals surface area contributed by atoms with E-state index in [1.54, 1.807) is 70.7 Å². The predicted molar refractivity (Wildman–Crippen MR) is 209 cm³/mol. The van der Waals surface area contributed by atoms with Crippen molar-refractivity contribution >= 4 is 65.0 Å². The van der Waals surface area contributed by atoms with Gasteiger partial charge in [-0.3, -0.25) is 15.4 Å². The Hall–Kier alpha value is -4.40. The van der Waals surface area contributed by atoms with E-state index in [-0.39, 0.29) is 16.7 Å². The van der Waals surface area contributed by atoms with E-state index < -0.39 is 36.5 Å². The number of anilines is 3. The molecule has 0 bridgehead atoms. The summed E-state index contributed by atoms with van der Waals surface area (Å²) in [6, 6.07) is 15.2. The van der Waals surface area contributed by atoms with Gasteiger partial charge in [0.1, 0.15) is 16.1 Å². The summed E-state index contributed by atoms with van der Waals surface area (Å²) in [7, 11) is -1.51. The van der Waals surface area contributed by atoms with Crippen molar-refractivity contribution in [3.05, 3.63) is 59.5 Å². The third-order valence-electron chi connectivity index (χ3n) is 8.64. The zero-order valence-corrected chi connectivity index (χ0v) is 32.4. The lowest BCUT2D eigenvalue weighted by Crippen LogP contribution is -2.39. The smallest absolute Gasteiger partial charge is 0.477 e. The van der Waals surface area contributed by atoms with Crippen molar-refractivity contribution in [2.24, 2.45) is 17.8 Å². The fourth-order valence-corrected chi connectivity index (χ4v) is 6.78. The van der Waals surface area contributed by atoms with Crippen LogP contribution in [0.5, 0.6) is 0 Å². The fraction of sp³-hybridized carbons (Fsp3) is 0.487. The maximum absolute atomic E-state index is 13.6. The van der Waals surface area contributed by atoms with E-state index in [0.29, 0.717) is 40.9 Å². The number of hydrogen-bond acceptors (Lipinski definition) is 9. The summed E-state index contributed by atoms with van der Waals surface area (Å²) in [5, 5.41) is 33.0. The highest BCUT2D eigenvalue weighted by atomic mass is 32.1. The summed E-state index contributed by atoms with van der Waals surface area (Å²) >= 11 is 1.18. The number of carboxylic acids is 1. The van der Waals surface area contributed by atoms with E-state index in [0.717, 1.165) is 49.0 Å². The lowest BCUT2D eigenvalue weighted by Gasteiger charge is -2.31. The molecule has 3 aromatic rings. The Morgan fingerprint density at radius 2 is 1.28 bits per heavy atom. The van der Waals surface area contributed by atoms with Crippen LogP contribution in [0.2, 0.25) is 0 Å². The van der Waals surface area contributed by atoms with E-state index in [9.17, 15) is 24.3 Å². The first-order chi connectivity index (χ1) is 24.8. The average molecular weight is 750 g/mol. The van der Waals surface area contributed by atoms with Gasteiger partial charge < -0.3 is 29.5 Å².